The van der Waals surface area contributed by atoms with Crippen molar-refractivity contribution in [3.8, 4) is 0 Å². The zero-order valence-electron chi connectivity index (χ0n) is 11.2. The highest BCUT2D eigenvalue weighted by molar-refractivity contribution is 4.74. The molecule has 17 heavy (non-hydrogen) atoms. The van der Waals surface area contributed by atoms with E-state index in [2.05, 4.69) is 9.80 Å². The van der Waals surface area contributed by atoms with Crippen LogP contribution < -0.4 is 5.73 Å². The Balaban J connectivity index is 1.58. The van der Waals surface area contributed by atoms with Crippen molar-refractivity contribution in [2.75, 3.05) is 45.8 Å². The fourth-order valence-electron chi connectivity index (χ4n) is 3.35. The van der Waals surface area contributed by atoms with Crippen LogP contribution in [0.5, 0.6) is 0 Å². The van der Waals surface area contributed by atoms with Crippen molar-refractivity contribution in [3.63, 3.8) is 0 Å². The average molecular weight is 239 g/mol. The number of nitrogens with zero attached hydrogens (tertiary/aromatic N) is 2. The summed E-state index contributed by atoms with van der Waals surface area (Å²) in [5.74, 6) is 0.875. The fourth-order valence-corrected chi connectivity index (χ4v) is 3.35. The number of piperidine rings is 1. The lowest BCUT2D eigenvalue weighted by Crippen LogP contribution is -2.37. The second-order valence-corrected chi connectivity index (χ2v) is 5.79. The van der Waals surface area contributed by atoms with E-state index in [-0.39, 0.29) is 0 Å². The van der Waals surface area contributed by atoms with Crippen molar-refractivity contribution in [2.24, 2.45) is 11.7 Å². The van der Waals surface area contributed by atoms with Crippen molar-refractivity contribution in [1.82, 2.24) is 9.80 Å². The van der Waals surface area contributed by atoms with E-state index in [1.165, 1.54) is 77.8 Å². The van der Waals surface area contributed by atoms with E-state index in [9.17, 15) is 0 Å². The van der Waals surface area contributed by atoms with Crippen LogP contribution in [0.4, 0.5) is 0 Å². The number of likely N-dealkylation sites (tertiary alicyclic amines) is 2. The predicted molar refractivity (Wildman–Crippen MR) is 73.1 cm³/mol. The van der Waals surface area contributed by atoms with Crippen LogP contribution in [0.2, 0.25) is 0 Å². The van der Waals surface area contributed by atoms with Gasteiger partial charge in [0.25, 0.3) is 0 Å². The van der Waals surface area contributed by atoms with E-state index in [1.807, 2.05) is 0 Å². The van der Waals surface area contributed by atoms with Crippen LogP contribution in [0, 0.1) is 5.92 Å². The van der Waals surface area contributed by atoms with Crippen LogP contribution in [0.25, 0.3) is 0 Å². The molecule has 2 fully saturated rings. The molecule has 2 saturated heterocycles. The van der Waals surface area contributed by atoms with E-state index in [0.29, 0.717) is 0 Å². The monoisotopic (exact) mass is 239 g/mol. The SMILES string of the molecule is NCCC1CCCN(CCCN2CCCC2)C1. The van der Waals surface area contributed by atoms with Crippen molar-refractivity contribution in [1.29, 1.82) is 0 Å². The Kier molecular flexibility index (Phi) is 5.75. The molecule has 0 aromatic carbocycles. The van der Waals surface area contributed by atoms with Gasteiger partial charge in [-0.05, 0) is 83.7 Å². The summed E-state index contributed by atoms with van der Waals surface area (Å²) >= 11 is 0. The minimum atomic E-state index is 0.867. The molecule has 2 rings (SSSR count). The van der Waals surface area contributed by atoms with Gasteiger partial charge in [-0.1, -0.05) is 0 Å². The molecular formula is C14H29N3. The molecular weight excluding hydrogens is 210 g/mol. The maximum Gasteiger partial charge on any atom is 0.00101 e. The first-order chi connectivity index (χ1) is 8.38. The van der Waals surface area contributed by atoms with Crippen molar-refractivity contribution in [3.05, 3.63) is 0 Å². The molecule has 2 aliphatic heterocycles. The lowest BCUT2D eigenvalue weighted by atomic mass is 9.95. The number of rotatable bonds is 6. The molecule has 0 radical (unpaired) electrons. The molecule has 0 spiro atoms. The minimum absolute atomic E-state index is 0.867. The summed E-state index contributed by atoms with van der Waals surface area (Å²) in [7, 11) is 0. The molecule has 0 amide bonds. The molecule has 0 saturated carbocycles. The quantitative estimate of drug-likeness (QED) is 0.763. The highest BCUT2D eigenvalue weighted by Gasteiger charge is 2.19. The maximum absolute atomic E-state index is 5.66. The zero-order chi connectivity index (χ0) is 11.9. The molecule has 0 aromatic rings. The molecule has 2 N–H and O–H groups in total. The largest absolute Gasteiger partial charge is 0.330 e. The fraction of sp³-hybridized carbons (Fsp3) is 1.00. The number of nitrogens with two attached hydrogens (primary N) is 1. The lowest BCUT2D eigenvalue weighted by Gasteiger charge is -2.33. The molecule has 0 aliphatic carbocycles. The highest BCUT2D eigenvalue weighted by Crippen LogP contribution is 2.19. The summed E-state index contributed by atoms with van der Waals surface area (Å²) in [4.78, 5) is 5.29. The van der Waals surface area contributed by atoms with E-state index in [1.54, 1.807) is 0 Å². The molecule has 2 aliphatic rings. The van der Waals surface area contributed by atoms with Crippen molar-refractivity contribution < 1.29 is 0 Å². The van der Waals surface area contributed by atoms with Gasteiger partial charge < -0.3 is 15.5 Å². The van der Waals surface area contributed by atoms with Gasteiger partial charge in [0.2, 0.25) is 0 Å². The molecule has 0 bridgehead atoms. The standard InChI is InChI=1S/C14H29N3/c15-7-6-14-5-3-10-17(13-14)12-4-11-16-8-1-2-9-16/h14H,1-13,15H2. The second kappa shape index (κ2) is 7.34. The van der Waals surface area contributed by atoms with Gasteiger partial charge in [-0.2, -0.15) is 0 Å². The number of hydrogen-bond acceptors (Lipinski definition) is 3. The normalized spacial score (nSPS) is 27.7. The van der Waals surface area contributed by atoms with E-state index in [4.69, 9.17) is 5.73 Å². The van der Waals surface area contributed by atoms with Gasteiger partial charge in [-0.25, -0.2) is 0 Å². The minimum Gasteiger partial charge on any atom is -0.330 e. The van der Waals surface area contributed by atoms with Crippen LogP contribution >= 0.6 is 0 Å². The van der Waals surface area contributed by atoms with Gasteiger partial charge >= 0.3 is 0 Å². The first kappa shape index (κ1) is 13.3. The van der Waals surface area contributed by atoms with Crippen molar-refractivity contribution in [2.45, 2.75) is 38.5 Å². The third-order valence-corrected chi connectivity index (χ3v) is 4.33. The van der Waals surface area contributed by atoms with Gasteiger partial charge in [0.15, 0.2) is 0 Å². The van der Waals surface area contributed by atoms with Crippen LogP contribution in [0.15, 0.2) is 0 Å². The first-order valence-electron chi connectivity index (χ1n) is 7.53. The van der Waals surface area contributed by atoms with Gasteiger partial charge in [0.1, 0.15) is 0 Å². The Hall–Kier alpha value is -0.120. The Morgan fingerprint density at radius 2 is 1.65 bits per heavy atom. The third kappa shape index (κ3) is 4.57. The van der Waals surface area contributed by atoms with Crippen LogP contribution in [-0.2, 0) is 0 Å². The Labute approximate surface area is 106 Å². The Morgan fingerprint density at radius 1 is 0.941 bits per heavy atom. The van der Waals surface area contributed by atoms with E-state index < -0.39 is 0 Å². The first-order valence-corrected chi connectivity index (χ1v) is 7.53. The van der Waals surface area contributed by atoms with E-state index >= 15 is 0 Å². The molecule has 1 unspecified atom stereocenters. The zero-order valence-corrected chi connectivity index (χ0v) is 11.2. The van der Waals surface area contributed by atoms with Crippen LogP contribution in [0.1, 0.15) is 38.5 Å². The molecule has 1 atom stereocenters. The van der Waals surface area contributed by atoms with Gasteiger partial charge in [0, 0.05) is 6.54 Å². The van der Waals surface area contributed by atoms with Gasteiger partial charge in [0.05, 0.1) is 0 Å². The van der Waals surface area contributed by atoms with Crippen LogP contribution in [-0.4, -0.2) is 55.6 Å². The van der Waals surface area contributed by atoms with Crippen molar-refractivity contribution >= 4 is 0 Å². The lowest BCUT2D eigenvalue weighted by molar-refractivity contribution is 0.162. The topological polar surface area (TPSA) is 32.5 Å². The molecule has 3 nitrogen and oxygen atoms in total. The summed E-state index contributed by atoms with van der Waals surface area (Å²) in [5.41, 5.74) is 5.66. The molecule has 3 heteroatoms. The number of hydrogen-bond donors (Lipinski definition) is 1. The highest BCUT2D eigenvalue weighted by atomic mass is 15.2. The van der Waals surface area contributed by atoms with Gasteiger partial charge in [-0.3, -0.25) is 0 Å². The smallest absolute Gasteiger partial charge is 0.00101 e. The summed E-state index contributed by atoms with van der Waals surface area (Å²) in [6, 6.07) is 0. The van der Waals surface area contributed by atoms with Crippen LogP contribution in [0.3, 0.4) is 0 Å². The second-order valence-electron chi connectivity index (χ2n) is 5.79. The molecule has 100 valence electrons. The summed E-state index contributed by atoms with van der Waals surface area (Å²) in [6.45, 7) is 8.80. The summed E-state index contributed by atoms with van der Waals surface area (Å²) in [6.07, 6.45) is 8.21. The predicted octanol–water partition coefficient (Wildman–Crippen LogP) is 1.53. The molecule has 0 aromatic heterocycles. The average Bonchev–Trinajstić information content (AvgIpc) is 2.83. The summed E-state index contributed by atoms with van der Waals surface area (Å²) < 4.78 is 0. The third-order valence-electron chi connectivity index (χ3n) is 4.33. The molecule has 2 heterocycles. The summed E-state index contributed by atoms with van der Waals surface area (Å²) in [5, 5.41) is 0. The maximum atomic E-state index is 5.66. The van der Waals surface area contributed by atoms with E-state index in [0.717, 1.165) is 12.5 Å². The van der Waals surface area contributed by atoms with Gasteiger partial charge in [-0.15, -0.1) is 0 Å². The Morgan fingerprint density at radius 3 is 2.41 bits per heavy atom. The Bertz CT molecular complexity index is 200.